The van der Waals surface area contributed by atoms with Crippen LogP contribution in [0.4, 0.5) is 0 Å². The van der Waals surface area contributed by atoms with Gasteiger partial charge < -0.3 is 15.2 Å². The van der Waals surface area contributed by atoms with Crippen LogP contribution in [-0.2, 0) is 14.3 Å². The molecule has 90 valence electrons. The number of hydrogen-bond donors (Lipinski definition) is 1. The molecule has 4 heteroatoms. The maximum Gasteiger partial charge on any atom is 0.308 e. The van der Waals surface area contributed by atoms with E-state index in [-0.39, 0.29) is 17.5 Å². The first-order chi connectivity index (χ1) is 6.87. The van der Waals surface area contributed by atoms with Crippen molar-refractivity contribution in [2.45, 2.75) is 39.7 Å². The van der Waals surface area contributed by atoms with E-state index in [1.807, 2.05) is 27.7 Å². The van der Waals surface area contributed by atoms with Gasteiger partial charge in [0.25, 0.3) is 0 Å². The summed E-state index contributed by atoms with van der Waals surface area (Å²) in [5, 5.41) is 0. The molecule has 0 aromatic heterocycles. The summed E-state index contributed by atoms with van der Waals surface area (Å²) in [4.78, 5) is 11.3. The van der Waals surface area contributed by atoms with Gasteiger partial charge in [-0.05, 0) is 33.7 Å². The largest absolute Gasteiger partial charge is 0.463 e. The van der Waals surface area contributed by atoms with Crippen molar-refractivity contribution in [2.24, 2.45) is 11.7 Å². The van der Waals surface area contributed by atoms with E-state index < -0.39 is 0 Å². The van der Waals surface area contributed by atoms with Gasteiger partial charge in [0.1, 0.15) is 6.61 Å². The fourth-order valence-corrected chi connectivity index (χ4v) is 1.00. The van der Waals surface area contributed by atoms with Crippen LogP contribution >= 0.6 is 0 Å². The molecule has 0 radical (unpaired) electrons. The molecule has 1 unspecified atom stereocenters. The first-order valence-electron chi connectivity index (χ1n) is 5.37. The van der Waals surface area contributed by atoms with E-state index in [2.05, 4.69) is 0 Å². The van der Waals surface area contributed by atoms with Gasteiger partial charge in [-0.15, -0.1) is 0 Å². The lowest BCUT2D eigenvalue weighted by Gasteiger charge is -2.19. The van der Waals surface area contributed by atoms with Crippen LogP contribution in [0.25, 0.3) is 0 Å². The number of rotatable bonds is 6. The SMILES string of the molecule is CC(CCN)C(=O)OCCOC(C)(C)C. The summed E-state index contributed by atoms with van der Waals surface area (Å²) in [7, 11) is 0. The molecule has 0 aromatic rings. The van der Waals surface area contributed by atoms with Crippen LogP contribution in [-0.4, -0.2) is 31.3 Å². The quantitative estimate of drug-likeness (QED) is 0.538. The first-order valence-corrected chi connectivity index (χ1v) is 5.37. The molecule has 0 fully saturated rings. The third-order valence-corrected chi connectivity index (χ3v) is 1.86. The first kappa shape index (κ1) is 14.4. The number of ether oxygens (including phenoxy) is 2. The van der Waals surface area contributed by atoms with Gasteiger partial charge in [-0.25, -0.2) is 0 Å². The minimum absolute atomic E-state index is 0.121. The van der Waals surface area contributed by atoms with Crippen LogP contribution in [0.1, 0.15) is 34.1 Å². The fourth-order valence-electron chi connectivity index (χ4n) is 1.00. The smallest absolute Gasteiger partial charge is 0.308 e. The number of esters is 1. The predicted octanol–water partition coefficient (Wildman–Crippen LogP) is 1.33. The molecule has 2 N–H and O–H groups in total. The van der Waals surface area contributed by atoms with Crippen LogP contribution in [0.3, 0.4) is 0 Å². The Balaban J connectivity index is 3.55. The average Bonchev–Trinajstić information content (AvgIpc) is 2.11. The van der Waals surface area contributed by atoms with Crippen molar-refractivity contribution in [3.8, 4) is 0 Å². The van der Waals surface area contributed by atoms with Gasteiger partial charge in [-0.2, -0.15) is 0 Å². The molecule has 0 saturated carbocycles. The highest BCUT2D eigenvalue weighted by atomic mass is 16.6. The summed E-state index contributed by atoms with van der Waals surface area (Å²) in [5.74, 6) is -0.317. The Morgan fingerprint density at radius 2 is 1.93 bits per heavy atom. The summed E-state index contributed by atoms with van der Waals surface area (Å²) in [6.07, 6.45) is 0.666. The van der Waals surface area contributed by atoms with Crippen molar-refractivity contribution < 1.29 is 14.3 Å². The van der Waals surface area contributed by atoms with E-state index in [1.165, 1.54) is 0 Å². The lowest BCUT2D eigenvalue weighted by Crippen LogP contribution is -2.24. The Morgan fingerprint density at radius 3 is 2.40 bits per heavy atom. The molecule has 1 atom stereocenters. The maximum atomic E-state index is 11.3. The summed E-state index contributed by atoms with van der Waals surface area (Å²) in [6, 6.07) is 0. The van der Waals surface area contributed by atoms with Gasteiger partial charge >= 0.3 is 5.97 Å². The zero-order valence-corrected chi connectivity index (χ0v) is 10.2. The van der Waals surface area contributed by atoms with Crippen molar-refractivity contribution in [1.29, 1.82) is 0 Å². The van der Waals surface area contributed by atoms with E-state index in [9.17, 15) is 4.79 Å². The fraction of sp³-hybridized carbons (Fsp3) is 0.909. The number of hydrogen-bond acceptors (Lipinski definition) is 4. The molecule has 0 spiro atoms. The highest BCUT2D eigenvalue weighted by molar-refractivity contribution is 5.71. The Labute approximate surface area is 92.1 Å². The van der Waals surface area contributed by atoms with Crippen molar-refractivity contribution in [3.63, 3.8) is 0 Å². The molecule has 0 rings (SSSR count). The molecule has 0 aliphatic carbocycles. The Morgan fingerprint density at radius 1 is 1.33 bits per heavy atom. The number of nitrogens with two attached hydrogens (primary N) is 1. The molecule has 0 aliphatic heterocycles. The highest BCUT2D eigenvalue weighted by Gasteiger charge is 2.14. The summed E-state index contributed by atoms with van der Waals surface area (Å²) in [5.41, 5.74) is 5.16. The standard InChI is InChI=1S/C11H23NO3/c1-9(5-6-12)10(13)14-7-8-15-11(2,3)4/h9H,5-8,12H2,1-4H3. The lowest BCUT2D eigenvalue weighted by molar-refractivity contribution is -0.151. The van der Waals surface area contributed by atoms with Crippen LogP contribution < -0.4 is 5.73 Å². The third-order valence-electron chi connectivity index (χ3n) is 1.86. The topological polar surface area (TPSA) is 61.6 Å². The third kappa shape index (κ3) is 8.39. The summed E-state index contributed by atoms with van der Waals surface area (Å²) < 4.78 is 10.4. The molecule has 15 heavy (non-hydrogen) atoms. The molecule has 0 bridgehead atoms. The van der Waals surface area contributed by atoms with Crippen molar-refractivity contribution >= 4 is 5.97 Å². The molecule has 0 heterocycles. The van der Waals surface area contributed by atoms with Gasteiger partial charge in [0.05, 0.1) is 18.1 Å². The van der Waals surface area contributed by atoms with Gasteiger partial charge in [0, 0.05) is 0 Å². The van der Waals surface area contributed by atoms with Crippen LogP contribution in [0.2, 0.25) is 0 Å². The Kier molecular flexibility index (Phi) is 6.52. The second-order valence-corrected chi connectivity index (χ2v) is 4.61. The van der Waals surface area contributed by atoms with Crippen molar-refractivity contribution in [3.05, 3.63) is 0 Å². The molecule has 4 nitrogen and oxygen atoms in total. The Bertz CT molecular complexity index is 187. The van der Waals surface area contributed by atoms with E-state index in [0.29, 0.717) is 26.2 Å². The normalized spacial score (nSPS) is 13.7. The zero-order chi connectivity index (χ0) is 11.9. The molecule has 0 aromatic carbocycles. The Hall–Kier alpha value is -0.610. The summed E-state index contributed by atoms with van der Waals surface area (Å²) in [6.45, 7) is 8.97. The van der Waals surface area contributed by atoms with Gasteiger partial charge in [0.15, 0.2) is 0 Å². The second-order valence-electron chi connectivity index (χ2n) is 4.61. The van der Waals surface area contributed by atoms with Crippen LogP contribution in [0, 0.1) is 5.92 Å². The van der Waals surface area contributed by atoms with Crippen molar-refractivity contribution in [2.75, 3.05) is 19.8 Å². The number of carbonyl (C=O) groups excluding carboxylic acids is 1. The number of carbonyl (C=O) groups is 1. The monoisotopic (exact) mass is 217 g/mol. The van der Waals surface area contributed by atoms with E-state index in [0.717, 1.165) is 0 Å². The summed E-state index contributed by atoms with van der Waals surface area (Å²) >= 11 is 0. The minimum atomic E-state index is -0.196. The van der Waals surface area contributed by atoms with Gasteiger partial charge in [-0.1, -0.05) is 6.92 Å². The van der Waals surface area contributed by atoms with E-state index in [1.54, 1.807) is 0 Å². The lowest BCUT2D eigenvalue weighted by atomic mass is 10.1. The average molecular weight is 217 g/mol. The van der Waals surface area contributed by atoms with Crippen LogP contribution in [0.15, 0.2) is 0 Å². The molecular formula is C11H23NO3. The molecule has 0 saturated heterocycles. The highest BCUT2D eigenvalue weighted by Crippen LogP contribution is 2.07. The minimum Gasteiger partial charge on any atom is -0.463 e. The van der Waals surface area contributed by atoms with Gasteiger partial charge in [0.2, 0.25) is 0 Å². The van der Waals surface area contributed by atoms with E-state index >= 15 is 0 Å². The van der Waals surface area contributed by atoms with Crippen LogP contribution in [0.5, 0.6) is 0 Å². The second kappa shape index (κ2) is 6.80. The van der Waals surface area contributed by atoms with Gasteiger partial charge in [-0.3, -0.25) is 4.79 Å². The van der Waals surface area contributed by atoms with Crippen molar-refractivity contribution in [1.82, 2.24) is 0 Å². The molecule has 0 amide bonds. The zero-order valence-electron chi connectivity index (χ0n) is 10.2. The molecule has 0 aliphatic rings. The predicted molar refractivity (Wildman–Crippen MR) is 59.5 cm³/mol. The molecular weight excluding hydrogens is 194 g/mol. The van der Waals surface area contributed by atoms with E-state index in [4.69, 9.17) is 15.2 Å². The maximum absolute atomic E-state index is 11.3.